The van der Waals surface area contributed by atoms with E-state index in [-0.39, 0.29) is 0 Å². The van der Waals surface area contributed by atoms with E-state index in [0.717, 1.165) is 18.7 Å². The number of benzene rings is 1. The van der Waals surface area contributed by atoms with Gasteiger partial charge in [0.05, 0.1) is 13.7 Å². The maximum absolute atomic E-state index is 11.4. The van der Waals surface area contributed by atoms with E-state index in [0.29, 0.717) is 18.1 Å². The lowest BCUT2D eigenvalue weighted by atomic mass is 10.2. The number of methoxy groups -OCH3 is 1. The maximum atomic E-state index is 11.4. The van der Waals surface area contributed by atoms with Gasteiger partial charge in [-0.05, 0) is 38.1 Å². The van der Waals surface area contributed by atoms with Crippen molar-refractivity contribution in [3.63, 3.8) is 0 Å². The van der Waals surface area contributed by atoms with Crippen LogP contribution in [0.2, 0.25) is 0 Å². The summed E-state index contributed by atoms with van der Waals surface area (Å²) in [6.45, 7) is 7.82. The van der Waals surface area contributed by atoms with E-state index in [1.165, 1.54) is 7.11 Å². The summed E-state index contributed by atoms with van der Waals surface area (Å²) in [6, 6.07) is 5.69. The fourth-order valence-corrected chi connectivity index (χ4v) is 1.70. The summed E-state index contributed by atoms with van der Waals surface area (Å²) in [6.07, 6.45) is -0.668. The largest absolute Gasteiger partial charge is 0.490 e. The fraction of sp³-hybridized carbons (Fsp3) is 0.533. The Morgan fingerprint density at radius 3 is 2.65 bits per heavy atom. The van der Waals surface area contributed by atoms with Gasteiger partial charge in [-0.25, -0.2) is 4.79 Å². The van der Waals surface area contributed by atoms with E-state index >= 15 is 0 Å². The number of ether oxygens (including phenoxy) is 3. The molecular formula is C15H23NO4. The first kappa shape index (κ1) is 16.3. The molecule has 5 heteroatoms. The minimum atomic E-state index is -0.668. The summed E-state index contributed by atoms with van der Waals surface area (Å²) in [5.74, 6) is 0.771. The summed E-state index contributed by atoms with van der Waals surface area (Å²) in [4.78, 5) is 11.4. The second-order valence-corrected chi connectivity index (χ2v) is 4.28. The van der Waals surface area contributed by atoms with Gasteiger partial charge in [-0.3, -0.25) is 0 Å². The Hall–Kier alpha value is -1.75. The van der Waals surface area contributed by atoms with Crippen molar-refractivity contribution in [3.8, 4) is 11.5 Å². The predicted molar refractivity (Wildman–Crippen MR) is 77.1 cm³/mol. The number of esters is 1. The number of carbonyl (C=O) groups is 1. The van der Waals surface area contributed by atoms with Crippen LogP contribution in [0.5, 0.6) is 11.5 Å². The molecule has 1 N–H and O–H groups in total. The Morgan fingerprint density at radius 2 is 2.05 bits per heavy atom. The van der Waals surface area contributed by atoms with Crippen molar-refractivity contribution in [2.75, 3.05) is 20.3 Å². The minimum absolute atomic E-state index is 0.413. The molecule has 0 saturated heterocycles. The first-order chi connectivity index (χ1) is 9.62. The number of carbonyl (C=O) groups excluding carboxylic acids is 1. The van der Waals surface area contributed by atoms with Crippen molar-refractivity contribution in [3.05, 3.63) is 23.8 Å². The first-order valence-electron chi connectivity index (χ1n) is 6.83. The van der Waals surface area contributed by atoms with Gasteiger partial charge in [0.1, 0.15) is 0 Å². The van der Waals surface area contributed by atoms with E-state index in [1.54, 1.807) is 6.92 Å². The number of rotatable bonds is 8. The van der Waals surface area contributed by atoms with Crippen molar-refractivity contribution in [1.29, 1.82) is 0 Å². The normalized spacial score (nSPS) is 11.8. The zero-order valence-corrected chi connectivity index (χ0v) is 12.6. The van der Waals surface area contributed by atoms with E-state index in [9.17, 15) is 4.79 Å². The molecule has 1 unspecified atom stereocenters. The Balaban J connectivity index is 2.86. The van der Waals surface area contributed by atoms with Crippen LogP contribution >= 0.6 is 0 Å². The average Bonchev–Trinajstić information content (AvgIpc) is 2.46. The SMILES string of the molecule is CCNCc1ccc(OC(C)C(=O)OC)c(OCC)c1. The summed E-state index contributed by atoms with van der Waals surface area (Å²) < 4.78 is 15.8. The van der Waals surface area contributed by atoms with Crippen LogP contribution in [0.15, 0.2) is 18.2 Å². The standard InChI is InChI=1S/C15H23NO4/c1-5-16-10-12-7-8-13(14(9-12)19-6-2)20-11(3)15(17)18-4/h7-9,11,16H,5-6,10H2,1-4H3. The van der Waals surface area contributed by atoms with Gasteiger partial charge in [-0.15, -0.1) is 0 Å². The van der Waals surface area contributed by atoms with Gasteiger partial charge in [0, 0.05) is 6.54 Å². The van der Waals surface area contributed by atoms with Crippen molar-refractivity contribution in [1.82, 2.24) is 5.32 Å². The zero-order valence-electron chi connectivity index (χ0n) is 12.6. The highest BCUT2D eigenvalue weighted by Gasteiger charge is 2.17. The molecule has 1 aromatic carbocycles. The molecule has 0 fully saturated rings. The fourth-order valence-electron chi connectivity index (χ4n) is 1.70. The van der Waals surface area contributed by atoms with E-state index in [2.05, 4.69) is 17.0 Å². The monoisotopic (exact) mass is 281 g/mol. The average molecular weight is 281 g/mol. The highest BCUT2D eigenvalue weighted by Crippen LogP contribution is 2.29. The van der Waals surface area contributed by atoms with Crippen molar-refractivity contribution in [2.24, 2.45) is 0 Å². The van der Waals surface area contributed by atoms with E-state index in [4.69, 9.17) is 9.47 Å². The third-order valence-corrected chi connectivity index (χ3v) is 2.72. The van der Waals surface area contributed by atoms with Crippen LogP contribution < -0.4 is 14.8 Å². The molecule has 0 radical (unpaired) electrons. The molecule has 20 heavy (non-hydrogen) atoms. The van der Waals surface area contributed by atoms with Crippen LogP contribution in [0.25, 0.3) is 0 Å². The Kier molecular flexibility index (Phi) is 6.87. The van der Waals surface area contributed by atoms with Crippen molar-refractivity contribution >= 4 is 5.97 Å². The third kappa shape index (κ3) is 4.74. The number of hydrogen-bond donors (Lipinski definition) is 1. The van der Waals surface area contributed by atoms with Gasteiger partial charge in [0.15, 0.2) is 17.6 Å². The quantitative estimate of drug-likeness (QED) is 0.740. The summed E-state index contributed by atoms with van der Waals surface area (Å²) in [5.41, 5.74) is 1.10. The van der Waals surface area contributed by atoms with Crippen molar-refractivity contribution in [2.45, 2.75) is 33.4 Å². The number of hydrogen-bond acceptors (Lipinski definition) is 5. The summed E-state index contributed by atoms with van der Waals surface area (Å²) in [5, 5.41) is 3.25. The molecule has 0 saturated carbocycles. The van der Waals surface area contributed by atoms with Gasteiger partial charge in [0.25, 0.3) is 0 Å². The Labute approximate surface area is 120 Å². The highest BCUT2D eigenvalue weighted by atomic mass is 16.6. The topological polar surface area (TPSA) is 56.8 Å². The molecule has 0 aliphatic heterocycles. The van der Waals surface area contributed by atoms with Crippen LogP contribution in [0.4, 0.5) is 0 Å². The summed E-state index contributed by atoms with van der Waals surface area (Å²) in [7, 11) is 1.34. The molecule has 0 spiro atoms. The summed E-state index contributed by atoms with van der Waals surface area (Å²) >= 11 is 0. The highest BCUT2D eigenvalue weighted by molar-refractivity contribution is 5.74. The zero-order chi connectivity index (χ0) is 15.0. The van der Waals surface area contributed by atoms with Crippen LogP contribution in [0, 0.1) is 0 Å². The predicted octanol–water partition coefficient (Wildman–Crippen LogP) is 2.14. The van der Waals surface area contributed by atoms with E-state index < -0.39 is 12.1 Å². The molecule has 1 aromatic rings. The van der Waals surface area contributed by atoms with Crippen LogP contribution in [0.1, 0.15) is 26.3 Å². The van der Waals surface area contributed by atoms with Gasteiger partial charge in [-0.1, -0.05) is 13.0 Å². The molecule has 1 rings (SSSR count). The van der Waals surface area contributed by atoms with E-state index in [1.807, 2.05) is 25.1 Å². The van der Waals surface area contributed by atoms with Crippen LogP contribution in [0.3, 0.4) is 0 Å². The molecule has 5 nitrogen and oxygen atoms in total. The molecule has 1 atom stereocenters. The molecule has 0 aliphatic carbocycles. The molecule has 0 aromatic heterocycles. The molecule has 112 valence electrons. The molecule has 0 bridgehead atoms. The lowest BCUT2D eigenvalue weighted by Crippen LogP contribution is -2.25. The first-order valence-corrected chi connectivity index (χ1v) is 6.83. The molecule has 0 amide bonds. The Bertz CT molecular complexity index is 434. The lowest BCUT2D eigenvalue weighted by molar-refractivity contribution is -0.147. The molecule has 0 aliphatic rings. The van der Waals surface area contributed by atoms with Gasteiger partial charge >= 0.3 is 5.97 Å². The third-order valence-electron chi connectivity index (χ3n) is 2.72. The smallest absolute Gasteiger partial charge is 0.346 e. The van der Waals surface area contributed by atoms with Gasteiger partial charge in [0.2, 0.25) is 0 Å². The number of nitrogens with one attached hydrogen (secondary N) is 1. The lowest BCUT2D eigenvalue weighted by Gasteiger charge is -2.16. The van der Waals surface area contributed by atoms with Crippen LogP contribution in [-0.2, 0) is 16.1 Å². The molecule has 0 heterocycles. The van der Waals surface area contributed by atoms with Gasteiger partial charge < -0.3 is 19.5 Å². The Morgan fingerprint density at radius 1 is 1.30 bits per heavy atom. The second kappa shape index (κ2) is 8.43. The second-order valence-electron chi connectivity index (χ2n) is 4.28. The maximum Gasteiger partial charge on any atom is 0.346 e. The van der Waals surface area contributed by atoms with Crippen LogP contribution in [-0.4, -0.2) is 32.3 Å². The minimum Gasteiger partial charge on any atom is -0.490 e. The molecular weight excluding hydrogens is 258 g/mol. The van der Waals surface area contributed by atoms with Crippen molar-refractivity contribution < 1.29 is 19.0 Å². The van der Waals surface area contributed by atoms with Gasteiger partial charge in [-0.2, -0.15) is 0 Å².